The van der Waals surface area contributed by atoms with Crippen molar-refractivity contribution in [1.82, 2.24) is 19.3 Å². The number of aromatic nitrogens is 4. The molecule has 0 unspecified atom stereocenters. The van der Waals surface area contributed by atoms with Gasteiger partial charge >= 0.3 is 21.1 Å². The van der Waals surface area contributed by atoms with Crippen molar-refractivity contribution in [3.8, 4) is 39.9 Å². The molecule has 0 aliphatic heterocycles. The smallest absolute Gasteiger partial charge is 0.522 e. The molecule has 7 heteroatoms. The first-order valence-corrected chi connectivity index (χ1v) is 14.9. The van der Waals surface area contributed by atoms with Gasteiger partial charge in [-0.25, -0.2) is 4.98 Å². The fraction of sp³-hybridized carbons (Fsp3) is 0.158. The summed E-state index contributed by atoms with van der Waals surface area (Å²) in [5.41, 5.74) is 8.35. The monoisotopic (exact) mass is 771 g/mol. The van der Waals surface area contributed by atoms with Crippen molar-refractivity contribution in [2.75, 3.05) is 7.11 Å². The van der Waals surface area contributed by atoms with E-state index in [4.69, 9.17) is 14.6 Å². The van der Waals surface area contributed by atoms with Crippen LogP contribution in [0.5, 0.6) is 17.2 Å². The predicted octanol–water partition coefficient (Wildman–Crippen LogP) is 8.86. The summed E-state index contributed by atoms with van der Waals surface area (Å²) in [6.45, 7) is 6.37. The molecule has 0 N–H and O–H groups in total. The molecule has 6 nitrogen and oxygen atoms in total. The number of para-hydroxylation sites is 1. The molecule has 0 bridgehead atoms. The molecule has 0 saturated heterocycles. The van der Waals surface area contributed by atoms with Gasteiger partial charge in [-0.15, -0.1) is 29.7 Å². The molecule has 0 amide bonds. The molecule has 45 heavy (non-hydrogen) atoms. The molecule has 0 fully saturated rings. The van der Waals surface area contributed by atoms with Gasteiger partial charge in [0, 0.05) is 40.2 Å². The van der Waals surface area contributed by atoms with E-state index in [2.05, 4.69) is 97.1 Å². The molecular weight excluding hydrogens is 740 g/mol. The number of fused-ring (bicyclic) bond motifs is 3. The summed E-state index contributed by atoms with van der Waals surface area (Å²) in [5, 5.41) is 7.26. The molecule has 0 spiro atoms. The van der Waals surface area contributed by atoms with E-state index in [0.29, 0.717) is 17.2 Å². The third-order valence-electron chi connectivity index (χ3n) is 7.96. The Bertz CT molecular complexity index is 2130. The van der Waals surface area contributed by atoms with E-state index in [0.717, 1.165) is 68.7 Å². The number of hydrogen-bond donors (Lipinski definition) is 0. The van der Waals surface area contributed by atoms with Crippen LogP contribution >= 0.6 is 0 Å². The molecule has 7 aromatic rings. The summed E-state index contributed by atoms with van der Waals surface area (Å²) in [6.07, 6.45) is 3.46. The molecular formula is C38H32N4O2Pt. The molecule has 0 saturated carbocycles. The van der Waals surface area contributed by atoms with Gasteiger partial charge in [0.2, 0.25) is 0 Å². The van der Waals surface area contributed by atoms with E-state index in [1.54, 1.807) is 7.11 Å². The third kappa shape index (κ3) is 5.55. The maximum absolute atomic E-state index is 6.46. The fourth-order valence-electron chi connectivity index (χ4n) is 5.94. The number of benzene rings is 4. The maximum atomic E-state index is 6.46. The van der Waals surface area contributed by atoms with Gasteiger partial charge in [-0.3, -0.25) is 4.68 Å². The molecule has 0 aliphatic carbocycles. The maximum Gasteiger partial charge on any atom is 2.00 e. The Morgan fingerprint density at radius 1 is 0.800 bits per heavy atom. The molecule has 0 atom stereocenters. The van der Waals surface area contributed by atoms with E-state index < -0.39 is 0 Å². The Morgan fingerprint density at radius 3 is 2.36 bits per heavy atom. The molecule has 7 rings (SSSR count). The SMILES string of the molecule is CCc1nn(-c2[c-]c(Oc3[c-]c4c(cc3)c3ccccc3n4-c3cc(C)ccn3)cc(OC)c2)c(CC)c1-c1ccccc1.[Pt+2]. The number of aryl methyl sites for hydroxylation is 2. The van der Waals surface area contributed by atoms with Crippen LogP contribution in [0, 0.1) is 19.1 Å². The van der Waals surface area contributed by atoms with Gasteiger partial charge in [0.05, 0.1) is 12.8 Å². The van der Waals surface area contributed by atoms with Gasteiger partial charge in [0.15, 0.2) is 0 Å². The Labute approximate surface area is 277 Å². The van der Waals surface area contributed by atoms with Crippen LogP contribution in [0.25, 0.3) is 44.4 Å². The minimum atomic E-state index is 0. The van der Waals surface area contributed by atoms with E-state index in [1.807, 2.05) is 47.3 Å². The van der Waals surface area contributed by atoms with Gasteiger partial charge in [-0.1, -0.05) is 74.0 Å². The molecule has 3 heterocycles. The first-order chi connectivity index (χ1) is 21.6. The first kappa shape index (κ1) is 30.4. The minimum absolute atomic E-state index is 0. The number of methoxy groups -OCH3 is 1. The molecule has 0 radical (unpaired) electrons. The normalized spacial score (nSPS) is 11.1. The molecule has 0 aliphatic rings. The van der Waals surface area contributed by atoms with Crippen molar-refractivity contribution >= 4 is 21.8 Å². The van der Waals surface area contributed by atoms with Crippen LogP contribution in [-0.2, 0) is 33.9 Å². The summed E-state index contributed by atoms with van der Waals surface area (Å²) in [4.78, 5) is 4.69. The van der Waals surface area contributed by atoms with E-state index in [9.17, 15) is 0 Å². The minimum Gasteiger partial charge on any atom is -0.522 e. The van der Waals surface area contributed by atoms with Crippen molar-refractivity contribution in [2.24, 2.45) is 0 Å². The van der Waals surface area contributed by atoms with Crippen LogP contribution in [-0.4, -0.2) is 26.4 Å². The molecule has 226 valence electrons. The van der Waals surface area contributed by atoms with Gasteiger partial charge in [-0.05, 0) is 60.2 Å². The van der Waals surface area contributed by atoms with Crippen molar-refractivity contribution in [3.05, 3.63) is 126 Å². The first-order valence-electron chi connectivity index (χ1n) is 14.9. The van der Waals surface area contributed by atoms with Crippen molar-refractivity contribution < 1.29 is 30.5 Å². The summed E-state index contributed by atoms with van der Waals surface area (Å²) < 4.78 is 16.3. The Kier molecular flexibility index (Phi) is 8.60. The Morgan fingerprint density at radius 2 is 1.60 bits per heavy atom. The zero-order chi connectivity index (χ0) is 30.2. The number of hydrogen-bond acceptors (Lipinski definition) is 4. The van der Waals surface area contributed by atoms with Crippen LogP contribution < -0.4 is 9.47 Å². The average molecular weight is 772 g/mol. The van der Waals surface area contributed by atoms with Crippen LogP contribution in [0.15, 0.2) is 97.2 Å². The average Bonchev–Trinajstić information content (AvgIpc) is 3.60. The van der Waals surface area contributed by atoms with Crippen molar-refractivity contribution in [3.63, 3.8) is 0 Å². The van der Waals surface area contributed by atoms with Crippen LogP contribution in [0.4, 0.5) is 0 Å². The van der Waals surface area contributed by atoms with Crippen molar-refractivity contribution in [1.29, 1.82) is 0 Å². The summed E-state index contributed by atoms with van der Waals surface area (Å²) in [6, 6.07) is 37.7. The second-order valence-electron chi connectivity index (χ2n) is 10.8. The van der Waals surface area contributed by atoms with E-state index in [1.165, 1.54) is 5.56 Å². The van der Waals surface area contributed by atoms with E-state index in [-0.39, 0.29) is 21.1 Å². The van der Waals surface area contributed by atoms with Crippen molar-refractivity contribution in [2.45, 2.75) is 33.6 Å². The number of nitrogens with zero attached hydrogens (tertiary/aromatic N) is 4. The second-order valence-corrected chi connectivity index (χ2v) is 10.8. The Hall–Kier alpha value is -4.67. The van der Waals surface area contributed by atoms with Crippen LogP contribution in [0.3, 0.4) is 0 Å². The second kappa shape index (κ2) is 12.7. The Balaban J connectivity index is 0.00000357. The van der Waals surface area contributed by atoms with Gasteiger partial charge in [-0.2, -0.15) is 11.2 Å². The van der Waals surface area contributed by atoms with Crippen LogP contribution in [0.2, 0.25) is 0 Å². The quantitative estimate of drug-likeness (QED) is 0.145. The number of pyridine rings is 1. The standard InChI is InChI=1S/C38H32N4O2.Pt/c1-5-33-38(26-12-8-7-9-13-26)34(6-2)42(40-33)27-21-29(43-4)23-30(22-27)44-28-16-17-32-31-14-10-11-15-35(31)41(36(32)24-28)37-20-25(3)18-19-39-37;/h7-21,23H,5-6H2,1-4H3;/q-2;+2. The topological polar surface area (TPSA) is 54.1 Å². The summed E-state index contributed by atoms with van der Waals surface area (Å²) >= 11 is 0. The zero-order valence-corrected chi connectivity index (χ0v) is 27.8. The number of ether oxygens (including phenoxy) is 2. The fourth-order valence-corrected chi connectivity index (χ4v) is 5.94. The summed E-state index contributed by atoms with van der Waals surface area (Å²) in [5.74, 6) is 2.58. The predicted molar refractivity (Wildman–Crippen MR) is 175 cm³/mol. The van der Waals surface area contributed by atoms with E-state index >= 15 is 0 Å². The van der Waals surface area contributed by atoms with Crippen LogP contribution in [0.1, 0.15) is 30.8 Å². The van der Waals surface area contributed by atoms with Gasteiger partial charge in [0.25, 0.3) is 0 Å². The van der Waals surface area contributed by atoms with Gasteiger partial charge < -0.3 is 14.0 Å². The number of rotatable bonds is 8. The third-order valence-corrected chi connectivity index (χ3v) is 7.96. The zero-order valence-electron chi connectivity index (χ0n) is 25.6. The van der Waals surface area contributed by atoms with Gasteiger partial charge in [0.1, 0.15) is 5.82 Å². The molecule has 4 aromatic carbocycles. The summed E-state index contributed by atoms with van der Waals surface area (Å²) in [7, 11) is 1.66. The molecule has 3 aromatic heterocycles. The largest absolute Gasteiger partial charge is 2.00 e.